The SMILES string of the molecule is Brc1ccc2c(c1)CC(CNCCc1ccsc1)O2. The van der Waals surface area contributed by atoms with Gasteiger partial charge in [0.1, 0.15) is 11.9 Å². The summed E-state index contributed by atoms with van der Waals surface area (Å²) in [7, 11) is 0. The standard InChI is InChI=1S/C15H16BrNOS/c16-13-1-2-15-12(7-13)8-14(18-15)9-17-5-3-11-4-6-19-10-11/h1-2,4,6-7,10,14,17H,3,5,8-9H2. The van der Waals surface area contributed by atoms with Crippen LogP contribution in [-0.4, -0.2) is 19.2 Å². The quantitative estimate of drug-likeness (QED) is 0.841. The Balaban J connectivity index is 1.43. The van der Waals surface area contributed by atoms with Gasteiger partial charge in [0.05, 0.1) is 0 Å². The third kappa shape index (κ3) is 3.38. The number of halogens is 1. The smallest absolute Gasteiger partial charge is 0.123 e. The van der Waals surface area contributed by atoms with Crippen molar-refractivity contribution in [1.82, 2.24) is 5.32 Å². The van der Waals surface area contributed by atoms with Gasteiger partial charge in [0, 0.05) is 17.4 Å². The Labute approximate surface area is 125 Å². The summed E-state index contributed by atoms with van der Waals surface area (Å²) < 4.78 is 7.04. The molecule has 1 aliphatic rings. The van der Waals surface area contributed by atoms with Crippen molar-refractivity contribution in [3.8, 4) is 5.75 Å². The topological polar surface area (TPSA) is 21.3 Å². The molecule has 1 aromatic carbocycles. The van der Waals surface area contributed by atoms with E-state index in [1.165, 1.54) is 11.1 Å². The van der Waals surface area contributed by atoms with E-state index in [0.29, 0.717) is 0 Å². The molecule has 1 unspecified atom stereocenters. The fourth-order valence-electron chi connectivity index (χ4n) is 2.33. The molecular weight excluding hydrogens is 322 g/mol. The van der Waals surface area contributed by atoms with Crippen LogP contribution < -0.4 is 10.1 Å². The highest BCUT2D eigenvalue weighted by molar-refractivity contribution is 9.10. The summed E-state index contributed by atoms with van der Waals surface area (Å²) in [6.07, 6.45) is 2.36. The van der Waals surface area contributed by atoms with Crippen molar-refractivity contribution < 1.29 is 4.74 Å². The number of ether oxygens (including phenoxy) is 1. The van der Waals surface area contributed by atoms with Gasteiger partial charge in [-0.15, -0.1) is 0 Å². The van der Waals surface area contributed by atoms with Crippen LogP contribution >= 0.6 is 27.3 Å². The highest BCUT2D eigenvalue weighted by Crippen LogP contribution is 2.30. The van der Waals surface area contributed by atoms with E-state index in [4.69, 9.17) is 4.74 Å². The lowest BCUT2D eigenvalue weighted by Crippen LogP contribution is -2.31. The third-order valence-electron chi connectivity index (χ3n) is 3.31. The predicted molar refractivity (Wildman–Crippen MR) is 83.2 cm³/mol. The molecule has 1 aliphatic heterocycles. The normalized spacial score (nSPS) is 17.2. The number of hydrogen-bond donors (Lipinski definition) is 1. The van der Waals surface area contributed by atoms with E-state index in [-0.39, 0.29) is 6.10 Å². The van der Waals surface area contributed by atoms with Gasteiger partial charge in [-0.3, -0.25) is 0 Å². The fraction of sp³-hybridized carbons (Fsp3) is 0.333. The molecule has 0 bridgehead atoms. The number of hydrogen-bond acceptors (Lipinski definition) is 3. The van der Waals surface area contributed by atoms with E-state index in [1.807, 2.05) is 12.1 Å². The van der Waals surface area contributed by atoms with E-state index < -0.39 is 0 Å². The van der Waals surface area contributed by atoms with Crippen LogP contribution in [0.15, 0.2) is 39.5 Å². The summed E-state index contributed by atoms with van der Waals surface area (Å²) in [6, 6.07) is 8.42. The average molecular weight is 338 g/mol. The highest BCUT2D eigenvalue weighted by atomic mass is 79.9. The third-order valence-corrected chi connectivity index (χ3v) is 4.53. The fourth-order valence-corrected chi connectivity index (χ4v) is 3.45. The van der Waals surface area contributed by atoms with Crippen LogP contribution in [0.25, 0.3) is 0 Å². The largest absolute Gasteiger partial charge is 0.488 e. The number of thiophene rings is 1. The van der Waals surface area contributed by atoms with Crippen molar-refractivity contribution in [2.75, 3.05) is 13.1 Å². The van der Waals surface area contributed by atoms with Gasteiger partial charge in [-0.1, -0.05) is 15.9 Å². The molecule has 1 atom stereocenters. The predicted octanol–water partition coefficient (Wildman–Crippen LogP) is 3.65. The second-order valence-electron chi connectivity index (χ2n) is 4.78. The molecular formula is C15H16BrNOS. The van der Waals surface area contributed by atoms with E-state index in [1.54, 1.807) is 11.3 Å². The number of benzene rings is 1. The molecule has 2 heterocycles. The van der Waals surface area contributed by atoms with Gasteiger partial charge in [0.15, 0.2) is 0 Å². The van der Waals surface area contributed by atoms with Crippen LogP contribution in [0.5, 0.6) is 5.75 Å². The van der Waals surface area contributed by atoms with E-state index >= 15 is 0 Å². The molecule has 1 N–H and O–H groups in total. The van der Waals surface area contributed by atoms with Crippen molar-refractivity contribution in [1.29, 1.82) is 0 Å². The Morgan fingerprint density at radius 1 is 1.37 bits per heavy atom. The molecule has 0 saturated carbocycles. The van der Waals surface area contributed by atoms with Crippen LogP contribution in [0.1, 0.15) is 11.1 Å². The molecule has 2 aromatic rings. The molecule has 3 rings (SSSR count). The lowest BCUT2D eigenvalue weighted by Gasteiger charge is -2.11. The van der Waals surface area contributed by atoms with Crippen molar-refractivity contribution in [2.45, 2.75) is 18.9 Å². The van der Waals surface area contributed by atoms with Gasteiger partial charge < -0.3 is 10.1 Å². The molecule has 19 heavy (non-hydrogen) atoms. The Hall–Kier alpha value is -0.840. The number of fused-ring (bicyclic) bond motifs is 1. The zero-order chi connectivity index (χ0) is 13.1. The Morgan fingerprint density at radius 2 is 2.32 bits per heavy atom. The zero-order valence-electron chi connectivity index (χ0n) is 10.6. The molecule has 0 spiro atoms. The maximum atomic E-state index is 5.92. The lowest BCUT2D eigenvalue weighted by atomic mass is 10.1. The minimum absolute atomic E-state index is 0.270. The van der Waals surface area contributed by atoms with Crippen LogP contribution in [0.2, 0.25) is 0 Å². The van der Waals surface area contributed by atoms with E-state index in [9.17, 15) is 0 Å². The molecule has 0 amide bonds. The van der Waals surface area contributed by atoms with Gasteiger partial charge >= 0.3 is 0 Å². The summed E-state index contributed by atoms with van der Waals surface area (Å²) in [5.41, 5.74) is 2.72. The summed E-state index contributed by atoms with van der Waals surface area (Å²) in [5.74, 6) is 1.04. The molecule has 2 nitrogen and oxygen atoms in total. The zero-order valence-corrected chi connectivity index (χ0v) is 13.0. The van der Waals surface area contributed by atoms with Gasteiger partial charge in [-0.05, 0) is 59.1 Å². The summed E-state index contributed by atoms with van der Waals surface area (Å²) in [4.78, 5) is 0. The minimum atomic E-state index is 0.270. The first-order valence-electron chi connectivity index (χ1n) is 6.48. The highest BCUT2D eigenvalue weighted by Gasteiger charge is 2.22. The van der Waals surface area contributed by atoms with Gasteiger partial charge in [-0.2, -0.15) is 11.3 Å². The van der Waals surface area contributed by atoms with Gasteiger partial charge in [0.25, 0.3) is 0 Å². The minimum Gasteiger partial charge on any atom is -0.488 e. The first-order valence-corrected chi connectivity index (χ1v) is 8.22. The average Bonchev–Trinajstić information content (AvgIpc) is 3.02. The maximum Gasteiger partial charge on any atom is 0.123 e. The molecule has 1 aromatic heterocycles. The molecule has 0 aliphatic carbocycles. The molecule has 0 fully saturated rings. The molecule has 0 saturated heterocycles. The Bertz CT molecular complexity index is 541. The van der Waals surface area contributed by atoms with E-state index in [2.05, 4.69) is 44.1 Å². The van der Waals surface area contributed by atoms with Crippen molar-refractivity contribution in [2.24, 2.45) is 0 Å². The van der Waals surface area contributed by atoms with Crippen LogP contribution in [0, 0.1) is 0 Å². The first kappa shape index (κ1) is 13.2. The second-order valence-corrected chi connectivity index (χ2v) is 6.48. The summed E-state index contributed by atoms with van der Waals surface area (Å²) >= 11 is 5.26. The molecule has 4 heteroatoms. The number of nitrogens with one attached hydrogen (secondary N) is 1. The first-order chi connectivity index (χ1) is 9.31. The van der Waals surface area contributed by atoms with Crippen molar-refractivity contribution in [3.05, 3.63) is 50.6 Å². The van der Waals surface area contributed by atoms with Crippen molar-refractivity contribution in [3.63, 3.8) is 0 Å². The molecule has 100 valence electrons. The Kier molecular flexibility index (Phi) is 4.21. The summed E-state index contributed by atoms with van der Waals surface area (Å²) in [6.45, 7) is 1.92. The van der Waals surface area contributed by atoms with Gasteiger partial charge in [-0.25, -0.2) is 0 Å². The maximum absolute atomic E-state index is 5.92. The summed E-state index contributed by atoms with van der Waals surface area (Å²) in [5, 5.41) is 7.82. The van der Waals surface area contributed by atoms with Crippen LogP contribution in [-0.2, 0) is 12.8 Å². The molecule has 0 radical (unpaired) electrons. The van der Waals surface area contributed by atoms with Crippen LogP contribution in [0.3, 0.4) is 0 Å². The van der Waals surface area contributed by atoms with Crippen LogP contribution in [0.4, 0.5) is 0 Å². The lowest BCUT2D eigenvalue weighted by molar-refractivity contribution is 0.228. The van der Waals surface area contributed by atoms with Crippen molar-refractivity contribution >= 4 is 27.3 Å². The monoisotopic (exact) mass is 337 g/mol. The number of rotatable bonds is 5. The second kappa shape index (κ2) is 6.07. The van der Waals surface area contributed by atoms with Gasteiger partial charge in [0.2, 0.25) is 0 Å². The van der Waals surface area contributed by atoms with E-state index in [0.717, 1.165) is 36.2 Å². The Morgan fingerprint density at radius 3 is 3.16 bits per heavy atom.